The van der Waals surface area contributed by atoms with Crippen LogP contribution in [0.5, 0.6) is 5.75 Å². The first-order chi connectivity index (χ1) is 8.93. The van der Waals surface area contributed by atoms with E-state index in [1.165, 1.54) is 24.9 Å². The van der Waals surface area contributed by atoms with Crippen LogP contribution in [0.1, 0.15) is 10.5 Å². The van der Waals surface area contributed by atoms with Gasteiger partial charge >= 0.3 is 5.97 Å². The molecular weight excluding hydrogens is 258 g/mol. The number of hydrogen-bond acceptors (Lipinski definition) is 3. The molecule has 0 aliphatic heterocycles. The number of carbonyl (C=O) groups is 1. The molecule has 1 aromatic heterocycles. The molecule has 0 aliphatic carbocycles. The minimum Gasteiger partial charge on any atom is -0.496 e. The first-order valence-electron chi connectivity index (χ1n) is 5.24. The standard InChI is InChI=1S/C12H10F2N2O3/c1-16-9(5-8(15-16)12(17)18)11-7(14)3-6(13)4-10(11)19-2/h3-5H,1-2H3,(H,17,18). The van der Waals surface area contributed by atoms with E-state index in [9.17, 15) is 13.6 Å². The number of carboxylic acids is 1. The van der Waals surface area contributed by atoms with Crippen LogP contribution in [-0.2, 0) is 7.05 Å². The van der Waals surface area contributed by atoms with E-state index in [-0.39, 0.29) is 22.7 Å². The molecule has 2 aromatic rings. The molecule has 0 spiro atoms. The number of aryl methyl sites for hydroxylation is 1. The summed E-state index contributed by atoms with van der Waals surface area (Å²) in [6, 6.07) is 2.91. The van der Waals surface area contributed by atoms with E-state index in [4.69, 9.17) is 9.84 Å². The van der Waals surface area contributed by atoms with Crippen molar-refractivity contribution in [3.8, 4) is 17.0 Å². The summed E-state index contributed by atoms with van der Waals surface area (Å²) in [5.41, 5.74) is -0.0820. The molecule has 5 nitrogen and oxygen atoms in total. The molecule has 0 atom stereocenters. The van der Waals surface area contributed by atoms with Crippen molar-refractivity contribution in [3.63, 3.8) is 0 Å². The quantitative estimate of drug-likeness (QED) is 0.925. The van der Waals surface area contributed by atoms with Gasteiger partial charge in [0.2, 0.25) is 0 Å². The van der Waals surface area contributed by atoms with Gasteiger partial charge in [-0.1, -0.05) is 0 Å². The SMILES string of the molecule is COc1cc(F)cc(F)c1-c1cc(C(=O)O)nn1C. The highest BCUT2D eigenvalue weighted by atomic mass is 19.1. The first kappa shape index (κ1) is 13.0. The van der Waals surface area contributed by atoms with E-state index in [1.54, 1.807) is 0 Å². The summed E-state index contributed by atoms with van der Waals surface area (Å²) in [4.78, 5) is 10.8. The second kappa shape index (κ2) is 4.68. The third-order valence-electron chi connectivity index (χ3n) is 2.59. The number of nitrogens with zero attached hydrogens (tertiary/aromatic N) is 2. The molecule has 100 valence electrons. The van der Waals surface area contributed by atoms with E-state index in [0.29, 0.717) is 6.07 Å². The molecule has 0 saturated heterocycles. The average molecular weight is 268 g/mol. The van der Waals surface area contributed by atoms with Gasteiger partial charge in [-0.2, -0.15) is 5.10 Å². The van der Waals surface area contributed by atoms with E-state index in [2.05, 4.69) is 5.10 Å². The molecule has 7 heteroatoms. The Balaban J connectivity index is 2.68. The lowest BCUT2D eigenvalue weighted by Crippen LogP contribution is -2.00. The number of hydrogen-bond donors (Lipinski definition) is 1. The van der Waals surface area contributed by atoms with Gasteiger partial charge in [0.25, 0.3) is 0 Å². The van der Waals surface area contributed by atoms with Gasteiger partial charge in [-0.25, -0.2) is 13.6 Å². The van der Waals surface area contributed by atoms with Gasteiger partial charge in [0.15, 0.2) is 5.69 Å². The Kier molecular flexibility index (Phi) is 3.20. The molecule has 2 rings (SSSR count). The number of carboxylic acid groups (broad SMARTS) is 1. The molecule has 0 amide bonds. The first-order valence-corrected chi connectivity index (χ1v) is 5.24. The third kappa shape index (κ3) is 2.26. The summed E-state index contributed by atoms with van der Waals surface area (Å²) in [5.74, 6) is -2.89. The molecule has 0 aliphatic rings. The van der Waals surface area contributed by atoms with E-state index < -0.39 is 17.6 Å². The van der Waals surface area contributed by atoms with Gasteiger partial charge < -0.3 is 9.84 Å². The summed E-state index contributed by atoms with van der Waals surface area (Å²) in [6.45, 7) is 0. The van der Waals surface area contributed by atoms with Crippen molar-refractivity contribution in [1.82, 2.24) is 9.78 Å². The average Bonchev–Trinajstić information content (AvgIpc) is 2.70. The minimum absolute atomic E-state index is 0.0301. The van der Waals surface area contributed by atoms with Gasteiger partial charge in [0, 0.05) is 19.2 Å². The Bertz CT molecular complexity index is 653. The zero-order valence-corrected chi connectivity index (χ0v) is 10.1. The fourth-order valence-corrected chi connectivity index (χ4v) is 1.77. The summed E-state index contributed by atoms with van der Waals surface area (Å²) in [7, 11) is 2.73. The van der Waals surface area contributed by atoms with Crippen LogP contribution in [0.2, 0.25) is 0 Å². The Hall–Kier alpha value is -2.44. The molecule has 19 heavy (non-hydrogen) atoms. The van der Waals surface area contributed by atoms with Crippen LogP contribution in [0.3, 0.4) is 0 Å². The van der Waals surface area contributed by atoms with Crippen LogP contribution in [0, 0.1) is 11.6 Å². The summed E-state index contributed by atoms with van der Waals surface area (Å²) < 4.78 is 33.1. The monoisotopic (exact) mass is 268 g/mol. The highest BCUT2D eigenvalue weighted by Crippen LogP contribution is 2.33. The van der Waals surface area contributed by atoms with Gasteiger partial charge in [-0.05, 0) is 6.07 Å². The van der Waals surface area contributed by atoms with Crippen molar-refractivity contribution in [2.24, 2.45) is 7.05 Å². The van der Waals surface area contributed by atoms with E-state index in [0.717, 1.165) is 6.07 Å². The maximum atomic E-state index is 13.9. The predicted octanol–water partition coefficient (Wildman–Crippen LogP) is 2.07. The number of aromatic nitrogens is 2. The third-order valence-corrected chi connectivity index (χ3v) is 2.59. The van der Waals surface area contributed by atoms with Crippen LogP contribution in [0.4, 0.5) is 8.78 Å². The molecule has 1 heterocycles. The predicted molar refractivity (Wildman–Crippen MR) is 62.1 cm³/mol. The van der Waals surface area contributed by atoms with E-state index >= 15 is 0 Å². The largest absolute Gasteiger partial charge is 0.496 e. The fourth-order valence-electron chi connectivity index (χ4n) is 1.77. The van der Waals surface area contributed by atoms with Crippen LogP contribution in [0.25, 0.3) is 11.3 Å². The molecule has 0 saturated carbocycles. The van der Waals surface area contributed by atoms with Crippen LogP contribution in [-0.4, -0.2) is 28.0 Å². The highest BCUT2D eigenvalue weighted by Gasteiger charge is 2.20. The Morgan fingerprint density at radius 1 is 1.37 bits per heavy atom. The van der Waals surface area contributed by atoms with Gasteiger partial charge in [-0.15, -0.1) is 0 Å². The number of halogens is 2. The topological polar surface area (TPSA) is 64.3 Å². The van der Waals surface area contributed by atoms with Crippen molar-refractivity contribution in [2.75, 3.05) is 7.11 Å². The normalized spacial score (nSPS) is 10.5. The summed E-state index contributed by atoms with van der Waals surface area (Å²) in [6.07, 6.45) is 0. The van der Waals surface area contributed by atoms with Crippen LogP contribution in [0.15, 0.2) is 18.2 Å². The Morgan fingerprint density at radius 3 is 2.58 bits per heavy atom. The lowest BCUT2D eigenvalue weighted by atomic mass is 10.1. The van der Waals surface area contributed by atoms with Gasteiger partial charge in [0.05, 0.1) is 18.4 Å². The molecule has 0 bridgehead atoms. The summed E-state index contributed by atoms with van der Waals surface area (Å²) in [5, 5.41) is 12.6. The molecular formula is C12H10F2N2O3. The van der Waals surface area contributed by atoms with Crippen molar-refractivity contribution in [3.05, 3.63) is 35.5 Å². The van der Waals surface area contributed by atoms with Crippen LogP contribution < -0.4 is 4.74 Å². The fraction of sp³-hybridized carbons (Fsp3) is 0.167. The number of ether oxygens (including phenoxy) is 1. The second-order valence-electron chi connectivity index (χ2n) is 3.81. The number of aromatic carboxylic acids is 1. The van der Waals surface area contributed by atoms with Crippen molar-refractivity contribution in [1.29, 1.82) is 0 Å². The number of benzene rings is 1. The van der Waals surface area contributed by atoms with E-state index in [1.807, 2.05) is 0 Å². The maximum absolute atomic E-state index is 13.9. The maximum Gasteiger partial charge on any atom is 0.356 e. The zero-order valence-electron chi connectivity index (χ0n) is 10.1. The lowest BCUT2D eigenvalue weighted by molar-refractivity contribution is 0.0689. The zero-order chi connectivity index (χ0) is 14.2. The highest BCUT2D eigenvalue weighted by molar-refractivity contribution is 5.87. The number of methoxy groups -OCH3 is 1. The Morgan fingerprint density at radius 2 is 2.05 bits per heavy atom. The van der Waals surface area contributed by atoms with Crippen molar-refractivity contribution >= 4 is 5.97 Å². The number of rotatable bonds is 3. The summed E-state index contributed by atoms with van der Waals surface area (Å²) >= 11 is 0. The lowest BCUT2D eigenvalue weighted by Gasteiger charge is -2.09. The molecule has 0 unspecified atom stereocenters. The second-order valence-corrected chi connectivity index (χ2v) is 3.81. The molecule has 0 fully saturated rings. The molecule has 1 N–H and O–H groups in total. The van der Waals surface area contributed by atoms with Crippen molar-refractivity contribution in [2.45, 2.75) is 0 Å². The van der Waals surface area contributed by atoms with Gasteiger partial charge in [-0.3, -0.25) is 4.68 Å². The van der Waals surface area contributed by atoms with Crippen LogP contribution >= 0.6 is 0 Å². The Labute approximate surface area is 107 Å². The molecule has 0 radical (unpaired) electrons. The minimum atomic E-state index is -1.23. The van der Waals surface area contributed by atoms with Crippen molar-refractivity contribution < 1.29 is 23.4 Å². The smallest absolute Gasteiger partial charge is 0.356 e. The molecule has 1 aromatic carbocycles. The van der Waals surface area contributed by atoms with Gasteiger partial charge in [0.1, 0.15) is 17.4 Å².